The predicted octanol–water partition coefficient (Wildman–Crippen LogP) is 0.707. The maximum absolute atomic E-state index is 11.2. The number of hydrogen-bond acceptors (Lipinski definition) is 4. The summed E-state index contributed by atoms with van der Waals surface area (Å²) in [5.74, 6) is 0.514. The van der Waals surface area contributed by atoms with Crippen LogP contribution in [-0.4, -0.2) is 16.0 Å². The van der Waals surface area contributed by atoms with Crippen LogP contribution in [0.5, 0.6) is 0 Å². The zero-order valence-electron chi connectivity index (χ0n) is 7.92. The molecule has 0 radical (unpaired) electrons. The molecule has 0 amide bonds. The first kappa shape index (κ1) is 9.05. The van der Waals surface area contributed by atoms with Gasteiger partial charge in [0, 0.05) is 6.04 Å². The van der Waals surface area contributed by atoms with Crippen LogP contribution in [0.2, 0.25) is 0 Å². The topological polar surface area (TPSA) is 83.8 Å². The summed E-state index contributed by atoms with van der Waals surface area (Å²) in [5.41, 5.74) is 5.49. The highest BCUT2D eigenvalue weighted by atomic mass is 16.1. The second-order valence-electron chi connectivity index (χ2n) is 3.62. The summed E-state index contributed by atoms with van der Waals surface area (Å²) < 4.78 is 0. The first-order valence-corrected chi connectivity index (χ1v) is 4.87. The van der Waals surface area contributed by atoms with E-state index in [0.717, 1.165) is 12.8 Å². The number of rotatable bonds is 2. The smallest absolute Gasteiger partial charge is 0.276 e. The van der Waals surface area contributed by atoms with E-state index in [-0.39, 0.29) is 11.2 Å². The number of nitrogens with one attached hydrogen (secondary N) is 2. The van der Waals surface area contributed by atoms with Crippen molar-refractivity contribution < 1.29 is 0 Å². The van der Waals surface area contributed by atoms with E-state index in [1.165, 1.54) is 19.2 Å². The van der Waals surface area contributed by atoms with Gasteiger partial charge >= 0.3 is 0 Å². The molecule has 0 bridgehead atoms. The molecule has 0 aromatic carbocycles. The van der Waals surface area contributed by atoms with E-state index in [0.29, 0.717) is 11.9 Å². The lowest BCUT2D eigenvalue weighted by Crippen LogP contribution is -2.21. The van der Waals surface area contributed by atoms with Gasteiger partial charge in [-0.1, -0.05) is 12.8 Å². The molecule has 0 unspecified atom stereocenters. The predicted molar refractivity (Wildman–Crippen MR) is 55.1 cm³/mol. The molecule has 76 valence electrons. The normalized spacial score (nSPS) is 17.1. The second kappa shape index (κ2) is 3.69. The van der Waals surface area contributed by atoms with Gasteiger partial charge in [-0.05, 0) is 12.8 Å². The molecule has 5 heteroatoms. The van der Waals surface area contributed by atoms with Crippen LogP contribution >= 0.6 is 0 Å². The fourth-order valence-electron chi connectivity index (χ4n) is 1.79. The lowest BCUT2D eigenvalue weighted by Gasteiger charge is -2.12. The molecular weight excluding hydrogens is 180 g/mol. The van der Waals surface area contributed by atoms with Crippen molar-refractivity contribution in [2.75, 3.05) is 11.1 Å². The average molecular weight is 194 g/mol. The van der Waals surface area contributed by atoms with Crippen molar-refractivity contribution in [1.29, 1.82) is 0 Å². The summed E-state index contributed by atoms with van der Waals surface area (Å²) in [4.78, 5) is 17.6. The van der Waals surface area contributed by atoms with E-state index < -0.39 is 0 Å². The van der Waals surface area contributed by atoms with Gasteiger partial charge in [-0.3, -0.25) is 4.79 Å². The number of nitrogen functional groups attached to an aromatic ring is 1. The van der Waals surface area contributed by atoms with Crippen molar-refractivity contribution in [1.82, 2.24) is 9.97 Å². The Hall–Kier alpha value is -1.52. The molecule has 14 heavy (non-hydrogen) atoms. The third-order valence-corrected chi connectivity index (χ3v) is 2.59. The maximum Gasteiger partial charge on any atom is 0.276 e. The molecule has 0 saturated heterocycles. The Kier molecular flexibility index (Phi) is 2.39. The van der Waals surface area contributed by atoms with Gasteiger partial charge in [0.05, 0.1) is 6.33 Å². The monoisotopic (exact) mass is 194 g/mol. The SMILES string of the molecule is Nc1c(NC2CCCC2)nc[nH]c1=O. The summed E-state index contributed by atoms with van der Waals surface area (Å²) >= 11 is 0. The molecule has 0 atom stereocenters. The molecule has 1 aliphatic rings. The highest BCUT2D eigenvalue weighted by Crippen LogP contribution is 2.22. The quantitative estimate of drug-likeness (QED) is 0.647. The summed E-state index contributed by atoms with van der Waals surface area (Å²) in [5, 5.41) is 3.19. The van der Waals surface area contributed by atoms with E-state index >= 15 is 0 Å². The minimum Gasteiger partial charge on any atom is -0.391 e. The number of H-pyrrole nitrogens is 1. The van der Waals surface area contributed by atoms with Crippen LogP contribution in [0.1, 0.15) is 25.7 Å². The van der Waals surface area contributed by atoms with Gasteiger partial charge in [0.1, 0.15) is 5.69 Å². The largest absolute Gasteiger partial charge is 0.391 e. The van der Waals surface area contributed by atoms with Gasteiger partial charge in [-0.2, -0.15) is 0 Å². The van der Waals surface area contributed by atoms with E-state index in [2.05, 4.69) is 15.3 Å². The van der Waals surface area contributed by atoms with Gasteiger partial charge in [-0.25, -0.2) is 4.98 Å². The third-order valence-electron chi connectivity index (χ3n) is 2.59. The Morgan fingerprint density at radius 1 is 1.50 bits per heavy atom. The van der Waals surface area contributed by atoms with Crippen molar-refractivity contribution in [3.05, 3.63) is 16.7 Å². The standard InChI is InChI=1S/C9H14N4O/c10-7-8(11-5-12-9(7)14)13-6-3-1-2-4-6/h5-6H,1-4,10H2,(H2,11,12,13,14). The van der Waals surface area contributed by atoms with Crippen LogP contribution < -0.4 is 16.6 Å². The molecule has 1 aromatic heterocycles. The minimum absolute atomic E-state index is 0.180. The summed E-state index contributed by atoms with van der Waals surface area (Å²) in [6, 6.07) is 0.423. The fourth-order valence-corrected chi connectivity index (χ4v) is 1.79. The highest BCUT2D eigenvalue weighted by Gasteiger charge is 2.16. The van der Waals surface area contributed by atoms with Gasteiger partial charge in [0.15, 0.2) is 5.82 Å². The number of anilines is 2. The number of aromatic nitrogens is 2. The second-order valence-corrected chi connectivity index (χ2v) is 3.62. The van der Waals surface area contributed by atoms with Gasteiger partial charge in [-0.15, -0.1) is 0 Å². The van der Waals surface area contributed by atoms with E-state index in [4.69, 9.17) is 5.73 Å². The Morgan fingerprint density at radius 2 is 2.21 bits per heavy atom. The molecule has 2 rings (SSSR count). The first-order valence-electron chi connectivity index (χ1n) is 4.87. The molecule has 1 aromatic rings. The van der Waals surface area contributed by atoms with Gasteiger partial charge < -0.3 is 16.0 Å². The van der Waals surface area contributed by atoms with Crippen molar-refractivity contribution in [2.24, 2.45) is 0 Å². The molecular formula is C9H14N4O. The number of nitrogens with two attached hydrogens (primary N) is 1. The molecule has 1 saturated carbocycles. The number of aromatic amines is 1. The Labute approximate surface area is 81.7 Å². The summed E-state index contributed by atoms with van der Waals surface area (Å²) in [7, 11) is 0. The van der Waals surface area contributed by atoms with Gasteiger partial charge in [0.25, 0.3) is 5.56 Å². The van der Waals surface area contributed by atoms with Crippen molar-refractivity contribution in [3.63, 3.8) is 0 Å². The van der Waals surface area contributed by atoms with E-state index in [9.17, 15) is 4.79 Å². The number of nitrogens with zero attached hydrogens (tertiary/aromatic N) is 1. The van der Waals surface area contributed by atoms with Crippen LogP contribution in [0.25, 0.3) is 0 Å². The molecule has 0 aliphatic heterocycles. The molecule has 4 N–H and O–H groups in total. The third kappa shape index (κ3) is 1.71. The molecule has 1 fully saturated rings. The minimum atomic E-state index is -0.277. The molecule has 1 aliphatic carbocycles. The van der Waals surface area contributed by atoms with Crippen LogP contribution in [-0.2, 0) is 0 Å². The number of hydrogen-bond donors (Lipinski definition) is 3. The fraction of sp³-hybridized carbons (Fsp3) is 0.556. The molecule has 0 spiro atoms. The van der Waals surface area contributed by atoms with E-state index in [1.54, 1.807) is 0 Å². The summed E-state index contributed by atoms with van der Waals surface area (Å²) in [6.45, 7) is 0. The Balaban J connectivity index is 2.15. The van der Waals surface area contributed by atoms with Gasteiger partial charge in [0.2, 0.25) is 0 Å². The van der Waals surface area contributed by atoms with Crippen LogP contribution in [0.15, 0.2) is 11.1 Å². The zero-order chi connectivity index (χ0) is 9.97. The Morgan fingerprint density at radius 3 is 2.93 bits per heavy atom. The van der Waals surface area contributed by atoms with Crippen molar-refractivity contribution >= 4 is 11.5 Å². The van der Waals surface area contributed by atoms with E-state index in [1.807, 2.05) is 0 Å². The summed E-state index contributed by atoms with van der Waals surface area (Å²) in [6.07, 6.45) is 6.11. The van der Waals surface area contributed by atoms with Crippen LogP contribution in [0, 0.1) is 0 Å². The Bertz CT molecular complexity index is 367. The van der Waals surface area contributed by atoms with Crippen molar-refractivity contribution in [3.8, 4) is 0 Å². The molecule has 1 heterocycles. The van der Waals surface area contributed by atoms with Crippen molar-refractivity contribution in [2.45, 2.75) is 31.7 Å². The lowest BCUT2D eigenvalue weighted by molar-refractivity contribution is 0.750. The average Bonchev–Trinajstić information content (AvgIpc) is 2.66. The zero-order valence-corrected chi connectivity index (χ0v) is 7.92. The van der Waals surface area contributed by atoms with Crippen LogP contribution in [0.3, 0.4) is 0 Å². The first-order chi connectivity index (χ1) is 6.77. The highest BCUT2D eigenvalue weighted by molar-refractivity contribution is 5.59. The van der Waals surface area contributed by atoms with Crippen LogP contribution in [0.4, 0.5) is 11.5 Å². The maximum atomic E-state index is 11.2. The molecule has 5 nitrogen and oxygen atoms in total. The lowest BCUT2D eigenvalue weighted by atomic mass is 10.2.